The third-order valence-corrected chi connectivity index (χ3v) is 2.74. The minimum atomic E-state index is -1.57. The highest BCUT2D eigenvalue weighted by molar-refractivity contribution is 5.82. The van der Waals surface area contributed by atoms with E-state index < -0.39 is 17.3 Å². The first-order chi connectivity index (χ1) is 7.43. The molecular weight excluding hydrogens is 213 g/mol. The summed E-state index contributed by atoms with van der Waals surface area (Å²) in [6, 6.07) is 3.75. The minimum Gasteiger partial charge on any atom is -0.490 e. The van der Waals surface area contributed by atoms with Crippen molar-refractivity contribution >= 4 is 5.97 Å². The molecule has 0 amide bonds. The van der Waals surface area contributed by atoms with Crippen LogP contribution in [0.5, 0.6) is 5.75 Å². The molecule has 2 atom stereocenters. The fourth-order valence-electron chi connectivity index (χ4n) is 1.98. The summed E-state index contributed by atoms with van der Waals surface area (Å²) in [4.78, 5) is 11.2. The lowest BCUT2D eigenvalue weighted by molar-refractivity contribution is -0.145. The second-order valence-corrected chi connectivity index (χ2v) is 4.05. The summed E-state index contributed by atoms with van der Waals surface area (Å²) in [5.74, 6) is -1.35. The van der Waals surface area contributed by atoms with E-state index in [1.54, 1.807) is 6.92 Å². The Kier molecular flexibility index (Phi) is 2.35. The van der Waals surface area contributed by atoms with Crippen molar-refractivity contribution in [3.8, 4) is 5.75 Å². The van der Waals surface area contributed by atoms with Crippen molar-refractivity contribution in [2.24, 2.45) is 5.73 Å². The number of hydrogen-bond donors (Lipinski definition) is 2. The lowest BCUT2D eigenvalue weighted by Gasteiger charge is -2.35. The molecule has 3 N–H and O–H groups in total. The molecule has 0 unspecified atom stereocenters. The summed E-state index contributed by atoms with van der Waals surface area (Å²) in [6.07, 6.45) is -0.183. The zero-order chi connectivity index (χ0) is 11.9. The number of fused-ring (bicyclic) bond motifs is 1. The molecule has 0 bridgehead atoms. The fourth-order valence-corrected chi connectivity index (χ4v) is 1.98. The van der Waals surface area contributed by atoms with Gasteiger partial charge >= 0.3 is 5.97 Å². The zero-order valence-electron chi connectivity index (χ0n) is 8.74. The number of rotatable bonds is 1. The van der Waals surface area contributed by atoms with Gasteiger partial charge in [0, 0.05) is 12.0 Å². The normalized spacial score (nSPS) is 28.1. The average molecular weight is 225 g/mol. The molecule has 5 heteroatoms. The number of nitrogens with two attached hydrogens (primary N) is 1. The van der Waals surface area contributed by atoms with Gasteiger partial charge in [-0.25, -0.2) is 9.18 Å². The molecule has 1 aromatic carbocycles. The summed E-state index contributed by atoms with van der Waals surface area (Å²) in [5, 5.41) is 9.15. The Labute approximate surface area is 91.8 Å². The highest BCUT2D eigenvalue weighted by Gasteiger charge is 2.43. The molecule has 1 heterocycles. The molecule has 2 rings (SSSR count). The van der Waals surface area contributed by atoms with Gasteiger partial charge in [-0.3, -0.25) is 0 Å². The molecule has 1 aliphatic heterocycles. The molecule has 16 heavy (non-hydrogen) atoms. The van der Waals surface area contributed by atoms with Crippen molar-refractivity contribution in [1.29, 1.82) is 0 Å². The molecular formula is C11H12FNO3. The summed E-state index contributed by atoms with van der Waals surface area (Å²) in [7, 11) is 0. The Balaban J connectivity index is 2.60. The summed E-state index contributed by atoms with van der Waals surface area (Å²) >= 11 is 0. The minimum absolute atomic E-state index is 0.124. The first-order valence-corrected chi connectivity index (χ1v) is 4.92. The monoisotopic (exact) mass is 225 g/mol. The number of carboxylic acid groups (broad SMARTS) is 1. The first kappa shape index (κ1) is 10.9. The number of carbonyl (C=O) groups is 1. The van der Waals surface area contributed by atoms with Crippen LogP contribution in [-0.2, 0) is 10.3 Å². The van der Waals surface area contributed by atoms with Gasteiger partial charge in [0.05, 0.1) is 6.10 Å². The van der Waals surface area contributed by atoms with Crippen LogP contribution in [0.25, 0.3) is 0 Å². The number of benzene rings is 1. The topological polar surface area (TPSA) is 72.6 Å². The molecule has 0 aromatic heterocycles. The van der Waals surface area contributed by atoms with E-state index in [1.165, 1.54) is 12.1 Å². The second kappa shape index (κ2) is 3.45. The third kappa shape index (κ3) is 1.53. The number of aliphatic carboxylic acids is 1. The number of hydrogen-bond acceptors (Lipinski definition) is 3. The van der Waals surface area contributed by atoms with Crippen LogP contribution in [0.2, 0.25) is 0 Å². The van der Waals surface area contributed by atoms with Gasteiger partial charge < -0.3 is 15.6 Å². The Morgan fingerprint density at radius 1 is 1.69 bits per heavy atom. The lowest BCUT2D eigenvalue weighted by atomic mass is 9.83. The average Bonchev–Trinajstić information content (AvgIpc) is 2.19. The van der Waals surface area contributed by atoms with E-state index in [-0.39, 0.29) is 18.1 Å². The van der Waals surface area contributed by atoms with Crippen LogP contribution >= 0.6 is 0 Å². The predicted molar refractivity (Wildman–Crippen MR) is 54.6 cm³/mol. The van der Waals surface area contributed by atoms with Crippen LogP contribution in [0.15, 0.2) is 18.2 Å². The maximum Gasteiger partial charge on any atom is 0.328 e. The Hall–Kier alpha value is -1.62. The van der Waals surface area contributed by atoms with Crippen LogP contribution in [0.4, 0.5) is 4.39 Å². The number of carboxylic acids is 1. The molecule has 0 fully saturated rings. The van der Waals surface area contributed by atoms with E-state index in [1.807, 2.05) is 0 Å². The van der Waals surface area contributed by atoms with Crippen LogP contribution < -0.4 is 10.5 Å². The largest absolute Gasteiger partial charge is 0.490 e. The van der Waals surface area contributed by atoms with Gasteiger partial charge in [0.15, 0.2) is 0 Å². The van der Waals surface area contributed by atoms with Gasteiger partial charge in [-0.1, -0.05) is 0 Å². The molecule has 1 aliphatic rings. The Bertz CT molecular complexity index is 449. The molecule has 0 saturated heterocycles. The van der Waals surface area contributed by atoms with E-state index >= 15 is 0 Å². The fraction of sp³-hybridized carbons (Fsp3) is 0.364. The van der Waals surface area contributed by atoms with Crippen molar-refractivity contribution in [2.45, 2.75) is 25.0 Å². The maximum absolute atomic E-state index is 13.1. The van der Waals surface area contributed by atoms with Gasteiger partial charge in [0.1, 0.15) is 17.1 Å². The quantitative estimate of drug-likeness (QED) is 0.754. The van der Waals surface area contributed by atoms with Crippen molar-refractivity contribution in [1.82, 2.24) is 0 Å². The highest BCUT2D eigenvalue weighted by Crippen LogP contribution is 2.38. The van der Waals surface area contributed by atoms with Crippen LogP contribution in [-0.4, -0.2) is 17.2 Å². The molecule has 86 valence electrons. The Morgan fingerprint density at radius 3 is 3.00 bits per heavy atom. The van der Waals surface area contributed by atoms with E-state index in [0.717, 1.165) is 6.07 Å². The Morgan fingerprint density at radius 2 is 2.38 bits per heavy atom. The number of halogens is 1. The van der Waals surface area contributed by atoms with Crippen molar-refractivity contribution in [3.05, 3.63) is 29.6 Å². The zero-order valence-corrected chi connectivity index (χ0v) is 8.74. The summed E-state index contributed by atoms with van der Waals surface area (Å²) < 4.78 is 18.5. The molecule has 0 aliphatic carbocycles. The molecule has 0 spiro atoms. The SMILES string of the molecule is C[C@H]1C[C@](N)(C(=O)O)c2cc(F)ccc2O1. The smallest absolute Gasteiger partial charge is 0.328 e. The molecule has 0 saturated carbocycles. The van der Waals surface area contributed by atoms with E-state index in [9.17, 15) is 9.18 Å². The third-order valence-electron chi connectivity index (χ3n) is 2.74. The summed E-state index contributed by atoms with van der Waals surface area (Å²) in [6.45, 7) is 1.73. The van der Waals surface area contributed by atoms with Crippen molar-refractivity contribution in [2.75, 3.05) is 0 Å². The summed E-state index contributed by atoms with van der Waals surface area (Å²) in [5.41, 5.74) is 4.44. The van der Waals surface area contributed by atoms with E-state index in [0.29, 0.717) is 5.75 Å². The van der Waals surface area contributed by atoms with Crippen LogP contribution in [0, 0.1) is 5.82 Å². The van der Waals surface area contributed by atoms with Crippen LogP contribution in [0.3, 0.4) is 0 Å². The van der Waals surface area contributed by atoms with Gasteiger partial charge in [-0.2, -0.15) is 0 Å². The standard InChI is InChI=1S/C11H12FNO3/c1-6-5-11(13,10(14)15)8-4-7(12)2-3-9(8)16-6/h2-4,6H,5,13H2,1H3,(H,14,15)/t6-,11+/m0/s1. The predicted octanol–water partition coefficient (Wildman–Crippen LogP) is 1.24. The van der Waals surface area contributed by atoms with Crippen LogP contribution in [0.1, 0.15) is 18.9 Å². The first-order valence-electron chi connectivity index (χ1n) is 4.92. The molecule has 4 nitrogen and oxygen atoms in total. The highest BCUT2D eigenvalue weighted by atomic mass is 19.1. The lowest BCUT2D eigenvalue weighted by Crippen LogP contribution is -2.50. The van der Waals surface area contributed by atoms with Gasteiger partial charge in [-0.15, -0.1) is 0 Å². The second-order valence-electron chi connectivity index (χ2n) is 4.05. The van der Waals surface area contributed by atoms with Crippen molar-refractivity contribution in [3.63, 3.8) is 0 Å². The van der Waals surface area contributed by atoms with E-state index in [4.69, 9.17) is 15.6 Å². The number of ether oxygens (including phenoxy) is 1. The molecule has 1 aromatic rings. The maximum atomic E-state index is 13.1. The molecule has 0 radical (unpaired) electrons. The van der Waals surface area contributed by atoms with Gasteiger partial charge in [0.25, 0.3) is 0 Å². The van der Waals surface area contributed by atoms with Crippen molar-refractivity contribution < 1.29 is 19.0 Å². The van der Waals surface area contributed by atoms with Gasteiger partial charge in [-0.05, 0) is 25.1 Å². The van der Waals surface area contributed by atoms with Gasteiger partial charge in [0.2, 0.25) is 0 Å². The van der Waals surface area contributed by atoms with E-state index in [2.05, 4.69) is 0 Å².